The summed E-state index contributed by atoms with van der Waals surface area (Å²) >= 11 is 0. The molecule has 0 bridgehead atoms. The minimum atomic E-state index is -0.0350. The second-order valence-corrected chi connectivity index (χ2v) is 17.3. The Balaban J connectivity index is 0.749. The summed E-state index contributed by atoms with van der Waals surface area (Å²) in [6.07, 6.45) is 9.23. The number of nitrogens with zero attached hydrogens (tertiary/aromatic N) is 6. The zero-order chi connectivity index (χ0) is 44.1. The number of rotatable bonds is 19. The first kappa shape index (κ1) is 42.8. The number of hydrogen-bond donors (Lipinski definition) is 0. The maximum absolute atomic E-state index is 13.6. The molecule has 336 valence electrons. The van der Waals surface area contributed by atoms with Gasteiger partial charge in [0.25, 0.3) is 6.47 Å². The van der Waals surface area contributed by atoms with Crippen molar-refractivity contribution in [3.63, 3.8) is 0 Å². The van der Waals surface area contributed by atoms with Crippen LogP contribution < -0.4 is 34.3 Å². The number of aryl methyl sites for hydroxylation is 3. The number of benzene rings is 4. The summed E-state index contributed by atoms with van der Waals surface area (Å²) in [6.45, 7) is 9.46. The van der Waals surface area contributed by atoms with E-state index in [0.717, 1.165) is 117 Å². The van der Waals surface area contributed by atoms with Crippen LogP contribution in [0.5, 0.6) is 23.0 Å². The lowest BCUT2D eigenvalue weighted by atomic mass is 9.82. The number of ketones is 1. The summed E-state index contributed by atoms with van der Waals surface area (Å²) in [5.74, 6) is 3.91. The second-order valence-electron chi connectivity index (χ2n) is 17.3. The average Bonchev–Trinajstić information content (AvgIpc) is 3.33. The smallest absolute Gasteiger partial charge is 0.298 e. The van der Waals surface area contributed by atoms with Crippen molar-refractivity contribution in [2.75, 3.05) is 77.3 Å². The van der Waals surface area contributed by atoms with Gasteiger partial charge >= 0.3 is 0 Å². The Kier molecular flexibility index (Phi) is 12.9. The van der Waals surface area contributed by atoms with Crippen LogP contribution in [0.4, 0.5) is 5.69 Å². The molecule has 1 aromatic heterocycles. The number of fused-ring (bicyclic) bond motifs is 4. The Hall–Kier alpha value is -6.09. The molecule has 0 unspecified atom stereocenters. The van der Waals surface area contributed by atoms with Crippen molar-refractivity contribution in [1.82, 2.24) is 25.0 Å². The largest absolute Gasteiger partial charge is 0.491 e. The van der Waals surface area contributed by atoms with Crippen LogP contribution in [0.1, 0.15) is 88.1 Å². The topological polar surface area (TPSA) is 147 Å². The lowest BCUT2D eigenvalue weighted by molar-refractivity contribution is -0.120. The van der Waals surface area contributed by atoms with Gasteiger partial charge in [0.05, 0.1) is 38.6 Å². The van der Waals surface area contributed by atoms with Crippen LogP contribution in [0.15, 0.2) is 54.6 Å². The van der Waals surface area contributed by atoms with Gasteiger partial charge in [0.1, 0.15) is 42.7 Å². The maximum Gasteiger partial charge on any atom is 0.298 e. The highest BCUT2D eigenvalue weighted by Gasteiger charge is 2.36. The molecule has 65 heavy (non-hydrogen) atoms. The highest BCUT2D eigenvalue weighted by molar-refractivity contribution is 5.98. The van der Waals surface area contributed by atoms with Gasteiger partial charge in [-0.1, -0.05) is 6.07 Å². The third-order valence-electron chi connectivity index (χ3n) is 13.1. The molecular formula is C51H55N6O8+. The van der Waals surface area contributed by atoms with Crippen molar-refractivity contribution in [3.8, 4) is 34.4 Å². The number of anilines is 1. The predicted octanol–water partition coefficient (Wildman–Crippen LogP) is 5.30. The molecule has 0 amide bonds. The minimum Gasteiger partial charge on any atom is -0.491 e. The fraction of sp³-hybridized carbons (Fsp3) is 0.431. The second kappa shape index (κ2) is 19.6. The van der Waals surface area contributed by atoms with E-state index in [1.54, 1.807) is 13.0 Å². The van der Waals surface area contributed by atoms with E-state index in [-0.39, 0.29) is 5.78 Å². The van der Waals surface area contributed by atoms with Crippen LogP contribution in [0.3, 0.4) is 0 Å². The Morgan fingerprint density at radius 3 is 2.23 bits per heavy atom. The van der Waals surface area contributed by atoms with E-state index in [2.05, 4.69) is 42.0 Å². The molecule has 10 rings (SSSR count). The van der Waals surface area contributed by atoms with Gasteiger partial charge in [0.2, 0.25) is 11.2 Å². The van der Waals surface area contributed by atoms with Crippen LogP contribution >= 0.6 is 0 Å². The third-order valence-corrected chi connectivity index (χ3v) is 13.1. The summed E-state index contributed by atoms with van der Waals surface area (Å²) in [4.78, 5) is 28.3. The van der Waals surface area contributed by atoms with Crippen LogP contribution in [0.2, 0.25) is 0 Å². The zero-order valence-corrected chi connectivity index (χ0v) is 37.1. The lowest BCUT2D eigenvalue weighted by Crippen LogP contribution is -2.45. The highest BCUT2D eigenvalue weighted by Crippen LogP contribution is 2.49. The Morgan fingerprint density at radius 2 is 1.45 bits per heavy atom. The van der Waals surface area contributed by atoms with Crippen molar-refractivity contribution in [2.24, 2.45) is 0 Å². The predicted molar refractivity (Wildman–Crippen MR) is 243 cm³/mol. The molecular weight excluding hydrogens is 825 g/mol. The zero-order valence-electron chi connectivity index (χ0n) is 37.1. The van der Waals surface area contributed by atoms with Crippen molar-refractivity contribution < 1.29 is 38.0 Å². The number of ether oxygens (including phenoxy) is 6. The van der Waals surface area contributed by atoms with Crippen LogP contribution in [0, 0.1) is 6.92 Å². The first-order valence-electron chi connectivity index (χ1n) is 23.3. The van der Waals surface area contributed by atoms with Gasteiger partial charge in [-0.2, -0.15) is 0 Å². The Labute approximate surface area is 378 Å². The minimum absolute atomic E-state index is 0.0350. The molecule has 0 saturated carbocycles. The molecule has 5 aromatic rings. The Bertz CT molecular complexity index is 2720. The normalized spacial score (nSPS) is 15.6. The van der Waals surface area contributed by atoms with Gasteiger partial charge in [0.15, 0.2) is 11.6 Å². The van der Waals surface area contributed by atoms with Gasteiger partial charge in [-0.3, -0.25) is 9.59 Å². The summed E-state index contributed by atoms with van der Waals surface area (Å²) in [6, 6.07) is 17.7. The molecule has 0 N–H and O–H groups in total. The van der Waals surface area contributed by atoms with E-state index in [9.17, 15) is 9.59 Å². The van der Waals surface area contributed by atoms with E-state index < -0.39 is 0 Å². The highest BCUT2D eigenvalue weighted by atomic mass is 16.6. The first-order chi connectivity index (χ1) is 32.0. The summed E-state index contributed by atoms with van der Waals surface area (Å²) in [7, 11) is 0. The molecule has 5 aliphatic heterocycles. The molecule has 0 radical (unpaired) electrons. The standard InChI is InChI=1S/C51H55N6O8/c1-33-52-54-51(55-53-33)34-12-15-38(16-13-34)63-28-27-62-26-25-61-24-23-60-22-6-11-44(59)35-14-17-39(45(31-35)64-32-58)46-42-29-36-7-2-18-56-20-4-9-40(47(36)56)49(42)65-50-41-10-5-21-57-19-3-8-37(48(41)57)30-43(46)50/h12-17,29-32H,2-11,18-28H2,1H3/q+1. The molecule has 14 heteroatoms. The maximum atomic E-state index is 13.6. The van der Waals surface area contributed by atoms with Crippen molar-refractivity contribution in [3.05, 3.63) is 110 Å². The number of aromatic nitrogens is 4. The van der Waals surface area contributed by atoms with Crippen LogP contribution in [-0.4, -0.2) is 105 Å². The van der Waals surface area contributed by atoms with Gasteiger partial charge in [0, 0.05) is 88.8 Å². The van der Waals surface area contributed by atoms with Gasteiger partial charge in [-0.25, -0.2) is 4.58 Å². The van der Waals surface area contributed by atoms with E-state index in [1.807, 2.05) is 36.4 Å². The fourth-order valence-electron chi connectivity index (χ4n) is 10.2. The summed E-state index contributed by atoms with van der Waals surface area (Å²) in [5.41, 5.74) is 10.8. The number of carbonyl (C=O) groups is 2. The quantitative estimate of drug-likeness (QED) is 0.0449. The van der Waals surface area contributed by atoms with E-state index in [1.165, 1.54) is 33.3 Å². The van der Waals surface area contributed by atoms with Gasteiger partial charge in [-0.15, -0.1) is 20.4 Å². The molecule has 5 aliphatic rings. The number of carbonyl (C=O) groups excluding carboxylic acids is 2. The SMILES string of the molecule is Cc1nnc(-c2ccc(OCCOCCOCCOCCCC(=O)c3ccc(C4=c5cc6c7c(c5Oc5c4cc4c8c5CCCN8CCC4)CCC[N+]=7CCC6)c(OC=O)c3)cc2)nn1. The average molecular weight is 880 g/mol. The van der Waals surface area contributed by atoms with Crippen LogP contribution in [-0.2, 0) is 44.7 Å². The van der Waals surface area contributed by atoms with Crippen LogP contribution in [0.25, 0.3) is 17.0 Å². The molecule has 14 nitrogen and oxygen atoms in total. The molecule has 0 saturated heterocycles. The molecule has 0 aliphatic carbocycles. The summed E-state index contributed by atoms with van der Waals surface area (Å²) < 4.78 is 38.4. The molecule has 0 atom stereocenters. The molecule has 6 heterocycles. The van der Waals surface area contributed by atoms with Gasteiger partial charge in [-0.05, 0) is 106 Å². The Morgan fingerprint density at radius 1 is 0.738 bits per heavy atom. The van der Waals surface area contributed by atoms with E-state index in [4.69, 9.17) is 28.4 Å². The molecule has 0 spiro atoms. The number of Topliss-reactive ketones (excluding diaryl/α,β-unsaturated/α-hetero) is 1. The van der Waals surface area contributed by atoms with Crippen molar-refractivity contribution in [2.45, 2.75) is 71.1 Å². The number of hydrogen-bond acceptors (Lipinski definition) is 13. The summed E-state index contributed by atoms with van der Waals surface area (Å²) in [5, 5.41) is 18.4. The first-order valence-corrected chi connectivity index (χ1v) is 23.3. The molecule has 4 aromatic carbocycles. The van der Waals surface area contributed by atoms with Crippen molar-refractivity contribution in [1.29, 1.82) is 0 Å². The van der Waals surface area contributed by atoms with E-state index >= 15 is 0 Å². The van der Waals surface area contributed by atoms with Gasteiger partial charge < -0.3 is 33.3 Å². The monoisotopic (exact) mass is 879 g/mol. The van der Waals surface area contributed by atoms with E-state index in [0.29, 0.717) is 94.3 Å². The lowest BCUT2D eigenvalue weighted by Gasteiger charge is -2.39. The molecule has 0 fully saturated rings. The fourth-order valence-corrected chi connectivity index (χ4v) is 10.2. The van der Waals surface area contributed by atoms with Crippen molar-refractivity contribution >= 4 is 23.5 Å². The third kappa shape index (κ3) is 8.99.